The molecule has 0 saturated heterocycles. The first-order valence-corrected chi connectivity index (χ1v) is 8.55. The second kappa shape index (κ2) is 5.61. The van der Waals surface area contributed by atoms with Crippen molar-refractivity contribution in [3.8, 4) is 0 Å². The van der Waals surface area contributed by atoms with Crippen molar-refractivity contribution in [3.63, 3.8) is 0 Å². The van der Waals surface area contributed by atoms with E-state index in [0.29, 0.717) is 16.0 Å². The van der Waals surface area contributed by atoms with Crippen LogP contribution in [-0.4, -0.2) is 13.5 Å². The largest absolute Gasteiger partial charge is 0.468 e. The third kappa shape index (κ3) is 2.73. The number of thiophene rings is 1. The van der Waals surface area contributed by atoms with Crippen LogP contribution in [0.25, 0.3) is 10.1 Å². The van der Waals surface area contributed by atoms with E-state index in [-0.39, 0.29) is 18.0 Å². The average molecular weight is 323 g/mol. The van der Waals surface area contributed by atoms with E-state index in [2.05, 4.69) is 4.72 Å². The number of fused-ring (bicyclic) bond motifs is 1. The van der Waals surface area contributed by atoms with Crippen LogP contribution >= 0.6 is 11.3 Å². The van der Waals surface area contributed by atoms with E-state index in [4.69, 9.17) is 4.42 Å². The van der Waals surface area contributed by atoms with Crippen LogP contribution in [0.2, 0.25) is 0 Å². The van der Waals surface area contributed by atoms with Gasteiger partial charge in [-0.1, -0.05) is 18.2 Å². The lowest BCUT2D eigenvalue weighted by atomic mass is 10.2. The molecule has 3 aromatic rings. The number of benzene rings is 1. The van der Waals surface area contributed by atoms with Gasteiger partial charge in [-0.2, -0.15) is 0 Å². The van der Waals surface area contributed by atoms with Crippen molar-refractivity contribution in [2.75, 3.05) is 0 Å². The molecule has 2 aromatic heterocycles. The molecule has 0 spiro atoms. The fourth-order valence-electron chi connectivity index (χ4n) is 2.12. The second-order valence-electron chi connectivity index (χ2n) is 4.41. The highest BCUT2D eigenvalue weighted by Crippen LogP contribution is 2.34. The summed E-state index contributed by atoms with van der Waals surface area (Å²) in [4.78, 5) is 0.584. The van der Waals surface area contributed by atoms with Crippen LogP contribution in [0.1, 0.15) is 10.6 Å². The lowest BCUT2D eigenvalue weighted by Crippen LogP contribution is -2.23. The van der Waals surface area contributed by atoms with E-state index >= 15 is 0 Å². The quantitative estimate of drug-likeness (QED) is 0.756. The predicted molar refractivity (Wildman–Crippen MR) is 80.5 cm³/mol. The molecule has 0 saturated carbocycles. The molecule has 0 radical (unpaired) electrons. The minimum atomic E-state index is -3.72. The lowest BCUT2D eigenvalue weighted by molar-refractivity contribution is 0.283. The number of aliphatic hydroxyl groups excluding tert-OH is 1. The smallest absolute Gasteiger partial charge is 0.242 e. The summed E-state index contributed by atoms with van der Waals surface area (Å²) in [5, 5.41) is 10.1. The summed E-state index contributed by atoms with van der Waals surface area (Å²) < 4.78 is 33.5. The Hall–Kier alpha value is -1.67. The summed E-state index contributed by atoms with van der Waals surface area (Å²) in [5.74, 6) is 0.531. The first-order chi connectivity index (χ1) is 10.1. The van der Waals surface area contributed by atoms with Gasteiger partial charge in [0.25, 0.3) is 0 Å². The zero-order chi connectivity index (χ0) is 14.9. The fourth-order valence-corrected chi connectivity index (χ4v) is 4.91. The van der Waals surface area contributed by atoms with Gasteiger partial charge in [0.15, 0.2) is 0 Å². The normalized spacial score (nSPS) is 12.0. The molecule has 0 amide bonds. The summed E-state index contributed by atoms with van der Waals surface area (Å²) in [5.41, 5.74) is 0. The van der Waals surface area contributed by atoms with Crippen molar-refractivity contribution in [2.45, 2.75) is 18.0 Å². The highest BCUT2D eigenvalue weighted by Gasteiger charge is 2.24. The molecule has 0 bridgehead atoms. The zero-order valence-electron chi connectivity index (χ0n) is 10.9. The number of nitrogens with one attached hydrogen (secondary N) is 1. The van der Waals surface area contributed by atoms with Gasteiger partial charge in [-0.3, -0.25) is 0 Å². The Morgan fingerprint density at radius 3 is 2.71 bits per heavy atom. The van der Waals surface area contributed by atoms with E-state index in [1.807, 2.05) is 12.1 Å². The Kier molecular flexibility index (Phi) is 3.81. The summed E-state index contributed by atoms with van der Waals surface area (Å²) >= 11 is 1.28. The third-order valence-corrected chi connectivity index (χ3v) is 5.86. The van der Waals surface area contributed by atoms with Gasteiger partial charge in [0.1, 0.15) is 10.7 Å². The molecule has 0 aliphatic heterocycles. The van der Waals surface area contributed by atoms with E-state index in [1.54, 1.807) is 24.3 Å². The Labute approximate surface area is 125 Å². The molecular weight excluding hydrogens is 310 g/mol. The van der Waals surface area contributed by atoms with Gasteiger partial charge in [-0.25, -0.2) is 13.1 Å². The molecule has 2 N–H and O–H groups in total. The van der Waals surface area contributed by atoms with E-state index < -0.39 is 10.0 Å². The van der Waals surface area contributed by atoms with Gasteiger partial charge in [-0.05, 0) is 18.2 Å². The summed E-state index contributed by atoms with van der Waals surface area (Å²) in [6, 6.07) is 10.6. The number of rotatable bonds is 5. The topological polar surface area (TPSA) is 79.5 Å². The van der Waals surface area contributed by atoms with E-state index in [1.165, 1.54) is 17.6 Å². The van der Waals surface area contributed by atoms with Crippen molar-refractivity contribution in [1.82, 2.24) is 4.72 Å². The van der Waals surface area contributed by atoms with Gasteiger partial charge in [-0.15, -0.1) is 11.3 Å². The minimum absolute atomic E-state index is 0.0738. The SMILES string of the molecule is O=S(=O)(NCc1ccco1)c1c(CO)sc2ccccc12. The molecule has 0 atom stereocenters. The molecule has 7 heteroatoms. The summed E-state index contributed by atoms with van der Waals surface area (Å²) in [7, 11) is -3.72. The molecule has 0 aliphatic carbocycles. The van der Waals surface area contributed by atoms with Crippen molar-refractivity contribution < 1.29 is 17.9 Å². The van der Waals surface area contributed by atoms with Gasteiger partial charge < -0.3 is 9.52 Å². The van der Waals surface area contributed by atoms with Crippen molar-refractivity contribution in [1.29, 1.82) is 0 Å². The van der Waals surface area contributed by atoms with Crippen LogP contribution in [0.3, 0.4) is 0 Å². The number of furan rings is 1. The zero-order valence-corrected chi connectivity index (χ0v) is 12.6. The monoisotopic (exact) mass is 323 g/mol. The standard InChI is InChI=1S/C14H13NO4S2/c16-9-13-14(11-5-1-2-6-12(11)20-13)21(17,18)15-8-10-4-3-7-19-10/h1-7,15-16H,8-9H2. The van der Waals surface area contributed by atoms with Crippen LogP contribution in [0.5, 0.6) is 0 Å². The molecule has 0 fully saturated rings. The Morgan fingerprint density at radius 2 is 2.00 bits per heavy atom. The number of hydrogen-bond donors (Lipinski definition) is 2. The molecule has 21 heavy (non-hydrogen) atoms. The number of aliphatic hydroxyl groups is 1. The van der Waals surface area contributed by atoms with Crippen molar-refractivity contribution in [3.05, 3.63) is 53.3 Å². The van der Waals surface area contributed by atoms with Crippen molar-refractivity contribution in [2.24, 2.45) is 0 Å². The molecule has 2 heterocycles. The second-order valence-corrected chi connectivity index (χ2v) is 7.25. The highest BCUT2D eigenvalue weighted by atomic mass is 32.2. The average Bonchev–Trinajstić information content (AvgIpc) is 3.12. The maximum Gasteiger partial charge on any atom is 0.242 e. The molecule has 3 rings (SSSR count). The minimum Gasteiger partial charge on any atom is -0.468 e. The van der Waals surface area contributed by atoms with Crippen molar-refractivity contribution >= 4 is 31.4 Å². The first kappa shape index (κ1) is 14.3. The maximum absolute atomic E-state index is 12.5. The summed E-state index contributed by atoms with van der Waals surface area (Å²) in [6.45, 7) is -0.235. The predicted octanol–water partition coefficient (Wildman–Crippen LogP) is 2.47. The Bertz CT molecular complexity index is 850. The number of hydrogen-bond acceptors (Lipinski definition) is 5. The highest BCUT2D eigenvalue weighted by molar-refractivity contribution is 7.90. The fraction of sp³-hybridized carbons (Fsp3) is 0.143. The van der Waals surface area contributed by atoms with Crippen LogP contribution in [0.15, 0.2) is 52.0 Å². The maximum atomic E-state index is 12.5. The molecule has 1 aromatic carbocycles. The van der Waals surface area contributed by atoms with Crippen LogP contribution in [-0.2, 0) is 23.2 Å². The lowest BCUT2D eigenvalue weighted by Gasteiger charge is -2.06. The van der Waals surface area contributed by atoms with E-state index in [9.17, 15) is 13.5 Å². The van der Waals surface area contributed by atoms with Gasteiger partial charge in [0.2, 0.25) is 10.0 Å². The summed E-state index contributed by atoms with van der Waals surface area (Å²) in [6.07, 6.45) is 1.49. The Morgan fingerprint density at radius 1 is 1.19 bits per heavy atom. The Balaban J connectivity index is 2.01. The molecule has 110 valence electrons. The van der Waals surface area contributed by atoms with Gasteiger partial charge in [0.05, 0.1) is 24.3 Å². The molecule has 5 nitrogen and oxygen atoms in total. The third-order valence-electron chi connectivity index (χ3n) is 3.05. The molecular formula is C14H13NO4S2. The molecule has 0 unspecified atom stereocenters. The van der Waals surface area contributed by atoms with Crippen LogP contribution in [0.4, 0.5) is 0 Å². The van der Waals surface area contributed by atoms with E-state index in [0.717, 1.165) is 4.70 Å². The van der Waals surface area contributed by atoms with Gasteiger partial charge >= 0.3 is 0 Å². The van der Waals surface area contributed by atoms with Crippen LogP contribution in [0, 0.1) is 0 Å². The number of sulfonamides is 1. The first-order valence-electron chi connectivity index (χ1n) is 6.25. The van der Waals surface area contributed by atoms with Crippen LogP contribution < -0.4 is 4.72 Å². The molecule has 0 aliphatic rings. The van der Waals surface area contributed by atoms with Gasteiger partial charge in [0, 0.05) is 10.1 Å².